The molecule has 16 heavy (non-hydrogen) atoms. The molecule has 1 fully saturated rings. The number of hydrogen-bond donors (Lipinski definition) is 1. The van der Waals surface area contributed by atoms with Crippen molar-refractivity contribution in [2.75, 3.05) is 44.7 Å². The number of nitrogens with zero attached hydrogens (tertiary/aromatic N) is 2. The topological polar surface area (TPSA) is 37.4 Å². The molecule has 1 N–H and O–H groups in total. The van der Waals surface area contributed by atoms with E-state index in [0.29, 0.717) is 0 Å². The second kappa shape index (κ2) is 6.45. The Morgan fingerprint density at radius 3 is 3.06 bits per heavy atom. The summed E-state index contributed by atoms with van der Waals surface area (Å²) in [5.41, 5.74) is 0.976. The van der Waals surface area contributed by atoms with Crippen molar-refractivity contribution in [1.29, 1.82) is 0 Å². The van der Waals surface area contributed by atoms with E-state index in [1.54, 1.807) is 6.20 Å². The summed E-state index contributed by atoms with van der Waals surface area (Å²) in [4.78, 5) is 6.38. The molecule has 2 rings (SSSR count). The van der Waals surface area contributed by atoms with Gasteiger partial charge in [0.15, 0.2) is 0 Å². The average Bonchev–Trinajstić information content (AvgIpc) is 2.37. The lowest BCUT2D eigenvalue weighted by atomic mass is 10.3. The molecule has 87 valence electrons. The van der Waals surface area contributed by atoms with Gasteiger partial charge in [0, 0.05) is 25.8 Å². The van der Waals surface area contributed by atoms with Gasteiger partial charge in [0.25, 0.3) is 0 Å². The molecule has 0 atom stereocenters. The Morgan fingerprint density at radius 2 is 2.31 bits per heavy atom. The zero-order chi connectivity index (χ0) is 11.1. The number of anilines is 1. The van der Waals surface area contributed by atoms with Crippen LogP contribution in [0.15, 0.2) is 18.3 Å². The first-order valence-electron chi connectivity index (χ1n) is 5.82. The number of aromatic nitrogens is 1. The molecule has 0 amide bonds. The van der Waals surface area contributed by atoms with Crippen molar-refractivity contribution in [1.82, 2.24) is 9.88 Å². The van der Waals surface area contributed by atoms with Crippen LogP contribution in [0.3, 0.4) is 0 Å². The van der Waals surface area contributed by atoms with Gasteiger partial charge in [0.1, 0.15) is 6.20 Å². The third-order valence-electron chi connectivity index (χ3n) is 2.68. The van der Waals surface area contributed by atoms with Gasteiger partial charge in [0.2, 0.25) is 0 Å². The van der Waals surface area contributed by atoms with Gasteiger partial charge in [-0.25, -0.2) is 0 Å². The van der Waals surface area contributed by atoms with Crippen LogP contribution in [0.5, 0.6) is 0 Å². The van der Waals surface area contributed by atoms with Crippen molar-refractivity contribution in [2.24, 2.45) is 0 Å². The smallest absolute Gasteiger partial charge is 0.114 e. The maximum absolute atomic E-state index is 5.30. The molecule has 0 spiro atoms. The fourth-order valence-electron chi connectivity index (χ4n) is 1.78. The first-order chi connectivity index (χ1) is 7.95. The molecule has 0 saturated carbocycles. The van der Waals surface area contributed by atoms with Crippen LogP contribution in [0.25, 0.3) is 0 Å². The minimum absolute atomic E-state index is 0.879. The summed E-state index contributed by atoms with van der Waals surface area (Å²) in [6, 6.07) is 3.91. The number of hydrogen-bond acceptors (Lipinski definition) is 4. The molecular formula is C12H18N3O. The highest BCUT2D eigenvalue weighted by atomic mass is 16.5. The summed E-state index contributed by atoms with van der Waals surface area (Å²) < 4.78 is 5.30. The lowest BCUT2D eigenvalue weighted by molar-refractivity contribution is 0.0378. The fourth-order valence-corrected chi connectivity index (χ4v) is 1.78. The summed E-state index contributed by atoms with van der Waals surface area (Å²) in [5.74, 6) is 0. The summed E-state index contributed by atoms with van der Waals surface area (Å²) in [6.07, 6.45) is 5.79. The van der Waals surface area contributed by atoms with Crippen molar-refractivity contribution in [3.63, 3.8) is 0 Å². The van der Waals surface area contributed by atoms with Gasteiger partial charge < -0.3 is 10.1 Å². The molecule has 0 unspecified atom stereocenters. The molecule has 1 saturated heterocycles. The van der Waals surface area contributed by atoms with Crippen LogP contribution in [-0.4, -0.2) is 49.3 Å². The standard InChI is InChI=1S/C12H18N3O/c1-3-12(11-13-4-1)14-5-2-6-15-7-9-16-10-8-15/h1,3-4,14H,2,5-10H2. The average molecular weight is 220 g/mol. The van der Waals surface area contributed by atoms with Crippen LogP contribution in [-0.2, 0) is 4.74 Å². The molecule has 4 nitrogen and oxygen atoms in total. The van der Waals surface area contributed by atoms with E-state index in [1.807, 2.05) is 12.1 Å². The normalized spacial score (nSPS) is 17.2. The Balaban J connectivity index is 1.58. The Kier molecular flexibility index (Phi) is 4.58. The first kappa shape index (κ1) is 11.4. The minimum Gasteiger partial charge on any atom is -0.383 e. The molecule has 0 aromatic carbocycles. The number of nitrogens with one attached hydrogen (secondary N) is 1. The van der Waals surface area contributed by atoms with E-state index in [0.717, 1.165) is 51.5 Å². The van der Waals surface area contributed by atoms with Crippen LogP contribution >= 0.6 is 0 Å². The van der Waals surface area contributed by atoms with E-state index >= 15 is 0 Å². The number of rotatable bonds is 5. The van der Waals surface area contributed by atoms with E-state index < -0.39 is 0 Å². The number of morpholine rings is 1. The van der Waals surface area contributed by atoms with Gasteiger partial charge in [-0.05, 0) is 25.1 Å². The molecule has 1 radical (unpaired) electrons. The van der Waals surface area contributed by atoms with Gasteiger partial charge in [-0.1, -0.05) is 0 Å². The Labute approximate surface area is 96.6 Å². The van der Waals surface area contributed by atoms with E-state index in [1.165, 1.54) is 0 Å². The molecule has 4 heteroatoms. The van der Waals surface area contributed by atoms with Crippen molar-refractivity contribution < 1.29 is 4.74 Å². The van der Waals surface area contributed by atoms with Crippen LogP contribution in [0.2, 0.25) is 0 Å². The van der Waals surface area contributed by atoms with E-state index in [-0.39, 0.29) is 0 Å². The second-order valence-electron chi connectivity index (χ2n) is 3.90. The predicted molar refractivity (Wildman–Crippen MR) is 63.4 cm³/mol. The molecule has 1 aliphatic rings. The molecule has 1 aromatic rings. The van der Waals surface area contributed by atoms with Crippen LogP contribution in [0.1, 0.15) is 6.42 Å². The van der Waals surface area contributed by atoms with Gasteiger partial charge in [-0.15, -0.1) is 0 Å². The lowest BCUT2D eigenvalue weighted by Crippen LogP contribution is -2.37. The summed E-state index contributed by atoms with van der Waals surface area (Å²) in [5, 5.41) is 3.31. The van der Waals surface area contributed by atoms with Crippen LogP contribution in [0, 0.1) is 6.20 Å². The number of pyridine rings is 1. The van der Waals surface area contributed by atoms with Crippen LogP contribution in [0.4, 0.5) is 5.69 Å². The predicted octanol–water partition coefficient (Wildman–Crippen LogP) is 1.02. The Bertz CT molecular complexity index is 286. The van der Waals surface area contributed by atoms with E-state index in [2.05, 4.69) is 21.4 Å². The zero-order valence-corrected chi connectivity index (χ0v) is 9.48. The zero-order valence-electron chi connectivity index (χ0n) is 9.48. The second-order valence-corrected chi connectivity index (χ2v) is 3.90. The Hall–Kier alpha value is -1.13. The lowest BCUT2D eigenvalue weighted by Gasteiger charge is -2.26. The van der Waals surface area contributed by atoms with E-state index in [4.69, 9.17) is 4.74 Å². The fraction of sp³-hybridized carbons (Fsp3) is 0.583. The highest BCUT2D eigenvalue weighted by Crippen LogP contribution is 2.02. The molecule has 0 bridgehead atoms. The molecular weight excluding hydrogens is 202 g/mol. The molecule has 1 aliphatic heterocycles. The third kappa shape index (κ3) is 3.79. The SMILES string of the molecule is [c]1ncccc1NCCCN1CCOCC1. The van der Waals surface area contributed by atoms with Crippen molar-refractivity contribution in [2.45, 2.75) is 6.42 Å². The van der Waals surface area contributed by atoms with Crippen molar-refractivity contribution in [3.8, 4) is 0 Å². The maximum Gasteiger partial charge on any atom is 0.114 e. The van der Waals surface area contributed by atoms with Gasteiger partial charge >= 0.3 is 0 Å². The van der Waals surface area contributed by atoms with Gasteiger partial charge in [-0.3, -0.25) is 9.88 Å². The van der Waals surface area contributed by atoms with Gasteiger partial charge in [-0.2, -0.15) is 0 Å². The van der Waals surface area contributed by atoms with Crippen LogP contribution < -0.4 is 5.32 Å². The first-order valence-corrected chi connectivity index (χ1v) is 5.82. The highest BCUT2D eigenvalue weighted by Gasteiger charge is 2.08. The third-order valence-corrected chi connectivity index (χ3v) is 2.68. The Morgan fingerprint density at radius 1 is 1.44 bits per heavy atom. The quantitative estimate of drug-likeness (QED) is 0.752. The van der Waals surface area contributed by atoms with Crippen molar-refractivity contribution >= 4 is 5.69 Å². The molecule has 1 aromatic heterocycles. The summed E-state index contributed by atoms with van der Waals surface area (Å²) in [7, 11) is 0. The van der Waals surface area contributed by atoms with Crippen molar-refractivity contribution in [3.05, 3.63) is 24.5 Å². The minimum atomic E-state index is 0.879. The highest BCUT2D eigenvalue weighted by molar-refractivity contribution is 5.38. The summed E-state index contributed by atoms with van der Waals surface area (Å²) in [6.45, 7) is 6.00. The summed E-state index contributed by atoms with van der Waals surface area (Å²) >= 11 is 0. The number of ether oxygens (including phenoxy) is 1. The van der Waals surface area contributed by atoms with Gasteiger partial charge in [0.05, 0.1) is 18.9 Å². The molecule has 2 heterocycles. The van der Waals surface area contributed by atoms with E-state index in [9.17, 15) is 0 Å². The maximum atomic E-state index is 5.30. The monoisotopic (exact) mass is 220 g/mol. The molecule has 0 aliphatic carbocycles. The largest absolute Gasteiger partial charge is 0.383 e.